The van der Waals surface area contributed by atoms with Gasteiger partial charge in [0.25, 0.3) is 5.91 Å². The van der Waals surface area contributed by atoms with Crippen LogP contribution in [0.5, 0.6) is 0 Å². The molecule has 1 saturated carbocycles. The van der Waals surface area contributed by atoms with Crippen molar-refractivity contribution in [3.8, 4) is 16.4 Å². The number of rotatable bonds is 7. The highest BCUT2D eigenvalue weighted by molar-refractivity contribution is 7.13. The first-order valence-electron chi connectivity index (χ1n) is 9.95. The fourth-order valence-electron chi connectivity index (χ4n) is 3.47. The van der Waals surface area contributed by atoms with Crippen LogP contribution in [0.2, 0.25) is 0 Å². The number of carbonyl (C=O) groups is 1. The Hall–Kier alpha value is -3.39. The van der Waals surface area contributed by atoms with Crippen LogP contribution in [0, 0.1) is 0 Å². The van der Waals surface area contributed by atoms with E-state index in [2.05, 4.69) is 10.4 Å². The van der Waals surface area contributed by atoms with Gasteiger partial charge in [0.05, 0.1) is 11.4 Å². The minimum Gasteiger partial charge on any atom is -0.350 e. The van der Waals surface area contributed by atoms with Gasteiger partial charge in [0, 0.05) is 36.2 Å². The van der Waals surface area contributed by atoms with Crippen LogP contribution in [0.3, 0.4) is 0 Å². The third kappa shape index (κ3) is 3.61. The normalized spacial score (nSPS) is 13.5. The maximum Gasteiger partial charge on any atom is 0.346 e. The number of aromatic nitrogens is 4. The van der Waals surface area contributed by atoms with E-state index in [1.807, 2.05) is 58.7 Å². The Labute approximate surface area is 177 Å². The van der Waals surface area contributed by atoms with Crippen molar-refractivity contribution in [2.24, 2.45) is 0 Å². The van der Waals surface area contributed by atoms with E-state index in [1.54, 1.807) is 28.0 Å². The summed E-state index contributed by atoms with van der Waals surface area (Å²) in [6, 6.07) is 15.5. The van der Waals surface area contributed by atoms with Crippen LogP contribution >= 0.6 is 11.3 Å². The highest BCUT2D eigenvalue weighted by Crippen LogP contribution is 2.37. The second kappa shape index (κ2) is 7.79. The van der Waals surface area contributed by atoms with Gasteiger partial charge in [0.1, 0.15) is 0 Å². The molecule has 152 valence electrons. The van der Waals surface area contributed by atoms with Crippen LogP contribution in [0.25, 0.3) is 16.4 Å². The Bertz CT molecular complexity index is 1200. The van der Waals surface area contributed by atoms with Gasteiger partial charge in [-0.25, -0.2) is 9.48 Å². The lowest BCUT2D eigenvalue weighted by Crippen LogP contribution is -2.32. The molecule has 1 N–H and O–H groups in total. The zero-order valence-corrected chi connectivity index (χ0v) is 17.1. The van der Waals surface area contributed by atoms with Gasteiger partial charge >= 0.3 is 5.69 Å². The van der Waals surface area contributed by atoms with Gasteiger partial charge in [-0.3, -0.25) is 9.36 Å². The lowest BCUT2D eigenvalue weighted by atomic mass is 10.2. The van der Waals surface area contributed by atoms with Crippen molar-refractivity contribution in [3.63, 3.8) is 0 Å². The quantitative estimate of drug-likeness (QED) is 0.499. The summed E-state index contributed by atoms with van der Waals surface area (Å²) in [5.74, 6) is 0.562. The first-order chi connectivity index (χ1) is 14.7. The number of nitrogens with one attached hydrogen (secondary N) is 1. The molecule has 0 radical (unpaired) electrons. The molecule has 1 aliphatic rings. The summed E-state index contributed by atoms with van der Waals surface area (Å²) >= 11 is 1.58. The van der Waals surface area contributed by atoms with Crippen molar-refractivity contribution >= 4 is 17.2 Å². The molecule has 0 bridgehead atoms. The molecule has 1 aromatic carbocycles. The first-order valence-corrected chi connectivity index (χ1v) is 10.8. The van der Waals surface area contributed by atoms with Gasteiger partial charge in [-0.15, -0.1) is 16.4 Å². The Morgan fingerprint density at radius 2 is 1.87 bits per heavy atom. The summed E-state index contributed by atoms with van der Waals surface area (Å²) in [5.41, 5.74) is 1.47. The van der Waals surface area contributed by atoms with Gasteiger partial charge in [0.2, 0.25) is 0 Å². The summed E-state index contributed by atoms with van der Waals surface area (Å²) in [6.07, 6.45) is 5.94. The summed E-state index contributed by atoms with van der Waals surface area (Å²) in [5, 5.41) is 9.42. The number of nitrogens with zero attached hydrogens (tertiary/aromatic N) is 4. The molecule has 1 fully saturated rings. The summed E-state index contributed by atoms with van der Waals surface area (Å²) in [7, 11) is 0. The number of benzene rings is 1. The van der Waals surface area contributed by atoms with Crippen molar-refractivity contribution in [2.75, 3.05) is 6.54 Å². The fraction of sp³-hybridized carbons (Fsp3) is 0.227. The van der Waals surface area contributed by atoms with Gasteiger partial charge in [-0.1, -0.05) is 6.07 Å². The van der Waals surface area contributed by atoms with Crippen molar-refractivity contribution in [1.82, 2.24) is 24.2 Å². The minimum atomic E-state index is -0.165. The lowest BCUT2D eigenvalue weighted by molar-refractivity contribution is 0.0952. The van der Waals surface area contributed by atoms with Crippen LogP contribution in [-0.2, 0) is 6.54 Å². The monoisotopic (exact) mass is 419 g/mol. The third-order valence-electron chi connectivity index (χ3n) is 5.17. The fourth-order valence-corrected chi connectivity index (χ4v) is 4.18. The Morgan fingerprint density at radius 3 is 2.53 bits per heavy atom. The summed E-state index contributed by atoms with van der Waals surface area (Å²) < 4.78 is 5.24. The molecule has 30 heavy (non-hydrogen) atoms. The van der Waals surface area contributed by atoms with Crippen LogP contribution in [0.4, 0.5) is 0 Å². The maximum atomic E-state index is 12.8. The SMILES string of the molecule is O=C(NCCn1nc(-c2cccs2)n(C2CC2)c1=O)c1ccc(-n2cccc2)cc1. The van der Waals surface area contributed by atoms with E-state index in [-0.39, 0.29) is 17.6 Å². The molecular formula is C22H21N5O2S. The van der Waals surface area contributed by atoms with Gasteiger partial charge in [0.15, 0.2) is 5.82 Å². The van der Waals surface area contributed by atoms with E-state index in [0.29, 0.717) is 18.7 Å². The Balaban J connectivity index is 1.25. The topological polar surface area (TPSA) is 73.8 Å². The molecule has 3 aromatic heterocycles. The van der Waals surface area contributed by atoms with Crippen molar-refractivity contribution in [1.29, 1.82) is 0 Å². The van der Waals surface area contributed by atoms with Crippen LogP contribution in [0.15, 0.2) is 71.1 Å². The summed E-state index contributed by atoms with van der Waals surface area (Å²) in [4.78, 5) is 26.3. The molecule has 0 saturated heterocycles. The molecule has 1 amide bonds. The molecule has 0 aliphatic heterocycles. The molecule has 3 heterocycles. The zero-order chi connectivity index (χ0) is 20.5. The van der Waals surface area contributed by atoms with Gasteiger partial charge in [-0.05, 0) is 60.7 Å². The van der Waals surface area contributed by atoms with E-state index < -0.39 is 0 Å². The van der Waals surface area contributed by atoms with E-state index >= 15 is 0 Å². The van der Waals surface area contributed by atoms with Crippen molar-refractivity contribution in [3.05, 3.63) is 82.4 Å². The van der Waals surface area contributed by atoms with Crippen LogP contribution in [-0.4, -0.2) is 31.4 Å². The Morgan fingerprint density at radius 1 is 1.10 bits per heavy atom. The second-order valence-corrected chi connectivity index (χ2v) is 8.25. The Kier molecular flexibility index (Phi) is 4.84. The largest absolute Gasteiger partial charge is 0.350 e. The lowest BCUT2D eigenvalue weighted by Gasteiger charge is -2.07. The number of amides is 1. The molecule has 5 rings (SSSR count). The second-order valence-electron chi connectivity index (χ2n) is 7.30. The highest BCUT2D eigenvalue weighted by atomic mass is 32.1. The third-order valence-corrected chi connectivity index (χ3v) is 6.03. The predicted molar refractivity (Wildman–Crippen MR) is 116 cm³/mol. The molecule has 0 atom stereocenters. The highest BCUT2D eigenvalue weighted by Gasteiger charge is 2.30. The molecule has 7 nitrogen and oxygen atoms in total. The first kappa shape index (κ1) is 18.6. The maximum absolute atomic E-state index is 12.8. The van der Waals surface area contributed by atoms with E-state index in [1.165, 1.54) is 4.68 Å². The van der Waals surface area contributed by atoms with Crippen LogP contribution in [0.1, 0.15) is 29.2 Å². The van der Waals surface area contributed by atoms with Crippen molar-refractivity contribution < 1.29 is 4.79 Å². The zero-order valence-electron chi connectivity index (χ0n) is 16.3. The van der Waals surface area contributed by atoms with Gasteiger partial charge in [-0.2, -0.15) is 0 Å². The number of thiophene rings is 1. The molecule has 1 aliphatic carbocycles. The van der Waals surface area contributed by atoms with Crippen LogP contribution < -0.4 is 11.0 Å². The molecule has 0 spiro atoms. The van der Waals surface area contributed by atoms with Gasteiger partial charge < -0.3 is 9.88 Å². The van der Waals surface area contributed by atoms with E-state index in [4.69, 9.17) is 0 Å². The average molecular weight is 420 g/mol. The van der Waals surface area contributed by atoms with E-state index in [9.17, 15) is 9.59 Å². The average Bonchev–Trinajstić information content (AvgIpc) is 3.17. The standard InChI is InChI=1S/C22H21N5O2S/c28-21(16-5-7-17(8-6-16)25-12-1-2-13-25)23-11-14-26-22(29)27(18-9-10-18)20(24-26)19-4-3-15-30-19/h1-8,12-13,15,18H,9-11,14H2,(H,23,28). The molecular weight excluding hydrogens is 398 g/mol. The summed E-state index contributed by atoms with van der Waals surface area (Å²) in [6.45, 7) is 0.674. The molecule has 4 aromatic rings. The number of carbonyl (C=O) groups excluding carboxylic acids is 1. The smallest absolute Gasteiger partial charge is 0.346 e. The molecule has 8 heteroatoms. The molecule has 0 unspecified atom stereocenters. The number of hydrogen-bond acceptors (Lipinski definition) is 4. The van der Waals surface area contributed by atoms with E-state index in [0.717, 1.165) is 29.2 Å². The predicted octanol–water partition coefficient (Wildman–Crippen LogP) is 3.33. The number of hydrogen-bond donors (Lipinski definition) is 1. The minimum absolute atomic E-state index is 0.105. The van der Waals surface area contributed by atoms with Crippen molar-refractivity contribution in [2.45, 2.75) is 25.4 Å².